The third kappa shape index (κ3) is 3.03. The molecule has 0 aliphatic carbocycles. The van der Waals surface area contributed by atoms with Crippen LogP contribution in [0.4, 0.5) is 18.9 Å². The number of hydrogen-bond acceptors (Lipinski definition) is 1. The second-order valence-electron chi connectivity index (χ2n) is 3.88. The van der Waals surface area contributed by atoms with E-state index in [4.69, 9.17) is 0 Å². The van der Waals surface area contributed by atoms with Gasteiger partial charge in [-0.25, -0.2) is 0 Å². The van der Waals surface area contributed by atoms with Crippen molar-refractivity contribution in [2.24, 2.45) is 0 Å². The van der Waals surface area contributed by atoms with Crippen LogP contribution in [0, 0.1) is 0 Å². The summed E-state index contributed by atoms with van der Waals surface area (Å²) < 4.78 is 38.2. The Balaban J connectivity index is 2.15. The number of halogens is 3. The predicted octanol–water partition coefficient (Wildman–Crippen LogP) is 4.32. The summed E-state index contributed by atoms with van der Waals surface area (Å²) in [6.45, 7) is 0.369. The SMILES string of the molecule is FC(F)(F)c1ccccc1NCc1ccccc1. The van der Waals surface area contributed by atoms with Gasteiger partial charge in [0.1, 0.15) is 0 Å². The van der Waals surface area contributed by atoms with E-state index in [1.54, 1.807) is 6.07 Å². The van der Waals surface area contributed by atoms with Crippen molar-refractivity contribution in [2.45, 2.75) is 12.7 Å². The Morgan fingerprint density at radius 1 is 0.833 bits per heavy atom. The third-order valence-electron chi connectivity index (χ3n) is 2.56. The van der Waals surface area contributed by atoms with Crippen LogP contribution in [0.25, 0.3) is 0 Å². The number of nitrogens with one attached hydrogen (secondary N) is 1. The summed E-state index contributed by atoms with van der Waals surface area (Å²) in [4.78, 5) is 0. The van der Waals surface area contributed by atoms with Gasteiger partial charge in [-0.1, -0.05) is 42.5 Å². The maximum Gasteiger partial charge on any atom is 0.418 e. The number of anilines is 1. The van der Waals surface area contributed by atoms with Crippen LogP contribution < -0.4 is 5.32 Å². The van der Waals surface area contributed by atoms with Crippen LogP contribution in [0.15, 0.2) is 54.6 Å². The van der Waals surface area contributed by atoms with Gasteiger partial charge < -0.3 is 5.32 Å². The largest absolute Gasteiger partial charge is 0.418 e. The molecule has 2 aromatic carbocycles. The maximum absolute atomic E-state index is 12.7. The van der Waals surface area contributed by atoms with Gasteiger partial charge in [0.25, 0.3) is 0 Å². The lowest BCUT2D eigenvalue weighted by molar-refractivity contribution is -0.136. The lowest BCUT2D eigenvalue weighted by atomic mass is 10.1. The molecule has 0 fully saturated rings. The van der Waals surface area contributed by atoms with Gasteiger partial charge in [-0.05, 0) is 17.7 Å². The summed E-state index contributed by atoms with van der Waals surface area (Å²) in [5, 5.41) is 2.82. The smallest absolute Gasteiger partial charge is 0.380 e. The summed E-state index contributed by atoms with van der Waals surface area (Å²) >= 11 is 0. The molecule has 0 heterocycles. The molecule has 0 amide bonds. The van der Waals surface area contributed by atoms with Crippen LogP contribution in [0.2, 0.25) is 0 Å². The highest BCUT2D eigenvalue weighted by Gasteiger charge is 2.32. The molecule has 0 atom stereocenters. The average molecular weight is 251 g/mol. The quantitative estimate of drug-likeness (QED) is 0.856. The molecule has 1 N–H and O–H groups in total. The zero-order chi connectivity index (χ0) is 13.0. The fraction of sp³-hybridized carbons (Fsp3) is 0.143. The first kappa shape index (κ1) is 12.5. The van der Waals surface area contributed by atoms with Crippen LogP contribution in [0.3, 0.4) is 0 Å². The van der Waals surface area contributed by atoms with E-state index >= 15 is 0 Å². The highest BCUT2D eigenvalue weighted by molar-refractivity contribution is 5.52. The number of rotatable bonds is 3. The summed E-state index contributed by atoms with van der Waals surface area (Å²) in [7, 11) is 0. The van der Waals surface area contributed by atoms with E-state index in [0.717, 1.165) is 11.6 Å². The second kappa shape index (κ2) is 5.12. The van der Waals surface area contributed by atoms with E-state index in [1.165, 1.54) is 12.1 Å². The normalized spacial score (nSPS) is 11.3. The van der Waals surface area contributed by atoms with E-state index in [9.17, 15) is 13.2 Å². The Bertz CT molecular complexity index is 506. The Kier molecular flexibility index (Phi) is 3.55. The molecular formula is C14H12F3N. The topological polar surface area (TPSA) is 12.0 Å². The molecule has 0 aliphatic rings. The molecule has 18 heavy (non-hydrogen) atoms. The van der Waals surface area contributed by atoms with Gasteiger partial charge in [-0.15, -0.1) is 0 Å². The first-order valence-corrected chi connectivity index (χ1v) is 5.51. The average Bonchev–Trinajstić information content (AvgIpc) is 2.37. The molecule has 0 radical (unpaired) electrons. The van der Waals surface area contributed by atoms with Gasteiger partial charge in [0, 0.05) is 12.2 Å². The van der Waals surface area contributed by atoms with Gasteiger partial charge in [-0.3, -0.25) is 0 Å². The van der Waals surface area contributed by atoms with Crippen molar-refractivity contribution in [2.75, 3.05) is 5.32 Å². The van der Waals surface area contributed by atoms with Crippen molar-refractivity contribution in [1.82, 2.24) is 0 Å². The van der Waals surface area contributed by atoms with Crippen molar-refractivity contribution >= 4 is 5.69 Å². The molecule has 0 saturated carbocycles. The Morgan fingerprint density at radius 2 is 1.44 bits per heavy atom. The molecule has 1 nitrogen and oxygen atoms in total. The molecule has 2 aromatic rings. The molecule has 0 aromatic heterocycles. The van der Waals surface area contributed by atoms with Crippen LogP contribution in [0.5, 0.6) is 0 Å². The first-order valence-electron chi connectivity index (χ1n) is 5.51. The number of para-hydroxylation sites is 1. The minimum atomic E-state index is -4.33. The summed E-state index contributed by atoms with van der Waals surface area (Å²) in [5.74, 6) is 0. The minimum Gasteiger partial charge on any atom is -0.380 e. The van der Waals surface area contributed by atoms with E-state index in [1.807, 2.05) is 30.3 Å². The molecule has 0 saturated heterocycles. The molecule has 0 bridgehead atoms. The Hall–Kier alpha value is -1.97. The van der Waals surface area contributed by atoms with Gasteiger partial charge in [-0.2, -0.15) is 13.2 Å². The van der Waals surface area contributed by atoms with E-state index in [0.29, 0.717) is 6.54 Å². The van der Waals surface area contributed by atoms with Crippen LogP contribution >= 0.6 is 0 Å². The fourth-order valence-corrected chi connectivity index (χ4v) is 1.68. The van der Waals surface area contributed by atoms with Crippen molar-refractivity contribution in [3.63, 3.8) is 0 Å². The van der Waals surface area contributed by atoms with Gasteiger partial charge >= 0.3 is 6.18 Å². The minimum absolute atomic E-state index is 0.105. The van der Waals surface area contributed by atoms with Crippen molar-refractivity contribution in [3.05, 3.63) is 65.7 Å². The molecule has 0 aliphatic heterocycles. The van der Waals surface area contributed by atoms with Gasteiger partial charge in [0.05, 0.1) is 5.56 Å². The third-order valence-corrected chi connectivity index (χ3v) is 2.56. The Morgan fingerprint density at radius 3 is 2.11 bits per heavy atom. The summed E-state index contributed by atoms with van der Waals surface area (Å²) in [6, 6.07) is 14.8. The van der Waals surface area contributed by atoms with Crippen LogP contribution in [0.1, 0.15) is 11.1 Å². The van der Waals surface area contributed by atoms with E-state index < -0.39 is 11.7 Å². The van der Waals surface area contributed by atoms with E-state index in [-0.39, 0.29) is 5.69 Å². The zero-order valence-corrected chi connectivity index (χ0v) is 9.54. The first-order chi connectivity index (χ1) is 8.57. The molecular weight excluding hydrogens is 239 g/mol. The molecule has 94 valence electrons. The fourth-order valence-electron chi connectivity index (χ4n) is 1.68. The predicted molar refractivity (Wildman–Crippen MR) is 65.2 cm³/mol. The van der Waals surface area contributed by atoms with Gasteiger partial charge in [0.2, 0.25) is 0 Å². The van der Waals surface area contributed by atoms with Crippen LogP contribution in [-0.4, -0.2) is 0 Å². The number of benzene rings is 2. The Labute approximate surface area is 103 Å². The molecule has 0 spiro atoms. The van der Waals surface area contributed by atoms with E-state index in [2.05, 4.69) is 5.32 Å². The lowest BCUT2D eigenvalue weighted by Crippen LogP contribution is -2.10. The molecule has 4 heteroatoms. The highest BCUT2D eigenvalue weighted by atomic mass is 19.4. The lowest BCUT2D eigenvalue weighted by Gasteiger charge is -2.14. The molecule has 0 unspecified atom stereocenters. The van der Waals surface area contributed by atoms with Crippen molar-refractivity contribution in [3.8, 4) is 0 Å². The van der Waals surface area contributed by atoms with Crippen molar-refractivity contribution < 1.29 is 13.2 Å². The zero-order valence-electron chi connectivity index (χ0n) is 9.54. The summed E-state index contributed by atoms with van der Waals surface area (Å²) in [5.41, 5.74) is 0.407. The standard InChI is InChI=1S/C14H12F3N/c15-14(16,17)12-8-4-5-9-13(12)18-10-11-6-2-1-3-7-11/h1-9,18H,10H2. The highest BCUT2D eigenvalue weighted by Crippen LogP contribution is 2.34. The number of hydrogen-bond donors (Lipinski definition) is 1. The van der Waals surface area contributed by atoms with Crippen molar-refractivity contribution in [1.29, 1.82) is 0 Å². The summed E-state index contributed by atoms with van der Waals surface area (Å²) in [6.07, 6.45) is -4.33. The monoisotopic (exact) mass is 251 g/mol. The van der Waals surface area contributed by atoms with Gasteiger partial charge in [0.15, 0.2) is 0 Å². The molecule has 2 rings (SSSR count). The second-order valence-corrected chi connectivity index (χ2v) is 3.88. The van der Waals surface area contributed by atoms with Crippen LogP contribution in [-0.2, 0) is 12.7 Å². The number of alkyl halides is 3. The maximum atomic E-state index is 12.7.